The highest BCUT2D eigenvalue weighted by Gasteiger charge is 2.18. The number of ketones is 1. The molecule has 0 bridgehead atoms. The number of hydrogen-bond donors (Lipinski definition) is 0. The van der Waals surface area contributed by atoms with Crippen molar-refractivity contribution in [2.45, 2.75) is 26.6 Å². The molecule has 0 spiro atoms. The number of methoxy groups -OCH3 is 1. The predicted octanol–water partition coefficient (Wildman–Crippen LogP) is 2.11. The monoisotopic (exact) mass is 285 g/mol. The maximum absolute atomic E-state index is 11.6. The van der Waals surface area contributed by atoms with E-state index in [1.165, 1.54) is 0 Å². The van der Waals surface area contributed by atoms with Crippen LogP contribution in [-0.4, -0.2) is 33.9 Å². The van der Waals surface area contributed by atoms with Crippen LogP contribution in [0, 0.1) is 0 Å². The van der Waals surface area contributed by atoms with Gasteiger partial charge in [0.1, 0.15) is 11.6 Å². The van der Waals surface area contributed by atoms with Crippen molar-refractivity contribution < 1.29 is 9.53 Å². The van der Waals surface area contributed by atoms with Gasteiger partial charge in [0.05, 0.1) is 13.7 Å². The summed E-state index contributed by atoms with van der Waals surface area (Å²) >= 11 is 0. The Morgan fingerprint density at radius 1 is 1.38 bits per heavy atom. The molecule has 21 heavy (non-hydrogen) atoms. The van der Waals surface area contributed by atoms with E-state index in [0.717, 1.165) is 48.9 Å². The summed E-state index contributed by atoms with van der Waals surface area (Å²) in [6.45, 7) is 5.09. The summed E-state index contributed by atoms with van der Waals surface area (Å²) in [5, 5.41) is 0. The third-order valence-electron chi connectivity index (χ3n) is 3.90. The summed E-state index contributed by atoms with van der Waals surface area (Å²) in [6.07, 6.45) is 3.86. The smallest absolute Gasteiger partial charge is 0.159 e. The molecular formula is C16H19N3O2. The number of nitrogens with zero attached hydrogens (tertiary/aromatic N) is 3. The maximum Gasteiger partial charge on any atom is 0.159 e. The molecule has 1 aromatic carbocycles. The third kappa shape index (κ3) is 2.83. The van der Waals surface area contributed by atoms with Gasteiger partial charge in [0.15, 0.2) is 5.78 Å². The summed E-state index contributed by atoms with van der Waals surface area (Å²) in [5.74, 6) is 1.99. The van der Waals surface area contributed by atoms with Crippen molar-refractivity contribution in [3.8, 4) is 5.75 Å². The molecule has 1 aromatic heterocycles. The van der Waals surface area contributed by atoms with Crippen LogP contribution in [0.15, 0.2) is 30.6 Å². The van der Waals surface area contributed by atoms with E-state index >= 15 is 0 Å². The third-order valence-corrected chi connectivity index (χ3v) is 3.90. The van der Waals surface area contributed by atoms with Gasteiger partial charge in [0, 0.05) is 43.2 Å². The van der Waals surface area contributed by atoms with Gasteiger partial charge in [-0.05, 0) is 25.1 Å². The van der Waals surface area contributed by atoms with E-state index in [2.05, 4.69) is 14.5 Å². The second-order valence-corrected chi connectivity index (χ2v) is 5.33. The van der Waals surface area contributed by atoms with Gasteiger partial charge < -0.3 is 9.30 Å². The minimum Gasteiger partial charge on any atom is -0.496 e. The predicted molar refractivity (Wildman–Crippen MR) is 79.3 cm³/mol. The molecular weight excluding hydrogens is 266 g/mol. The van der Waals surface area contributed by atoms with Crippen molar-refractivity contribution in [3.63, 3.8) is 0 Å². The standard InChI is InChI=1S/C16H19N3O2/c1-12(20)13-3-4-15(21-2)14(9-13)10-18-7-8-19-6-5-17-16(19)11-18/h3-6,9H,7-8,10-11H2,1-2H3. The van der Waals surface area contributed by atoms with Crippen molar-refractivity contribution in [2.24, 2.45) is 0 Å². The zero-order valence-corrected chi connectivity index (χ0v) is 12.4. The lowest BCUT2D eigenvalue weighted by Gasteiger charge is -2.28. The average Bonchev–Trinajstić information content (AvgIpc) is 2.94. The second-order valence-electron chi connectivity index (χ2n) is 5.33. The first-order valence-electron chi connectivity index (χ1n) is 7.07. The fourth-order valence-electron chi connectivity index (χ4n) is 2.72. The SMILES string of the molecule is COc1ccc(C(C)=O)cc1CN1CCn2ccnc2C1. The Bertz CT molecular complexity index is 663. The Morgan fingerprint density at radius 2 is 2.24 bits per heavy atom. The second kappa shape index (κ2) is 5.69. The zero-order chi connectivity index (χ0) is 14.8. The maximum atomic E-state index is 11.6. The molecule has 0 N–H and O–H groups in total. The molecule has 0 aliphatic carbocycles. The first-order chi connectivity index (χ1) is 10.2. The minimum absolute atomic E-state index is 0.0769. The van der Waals surface area contributed by atoms with Crippen molar-refractivity contribution in [1.29, 1.82) is 0 Å². The van der Waals surface area contributed by atoms with Crippen LogP contribution >= 0.6 is 0 Å². The summed E-state index contributed by atoms with van der Waals surface area (Å²) in [6, 6.07) is 5.62. The van der Waals surface area contributed by atoms with Crippen molar-refractivity contribution in [3.05, 3.63) is 47.5 Å². The van der Waals surface area contributed by atoms with E-state index in [9.17, 15) is 4.79 Å². The minimum atomic E-state index is 0.0769. The first kappa shape index (κ1) is 13.8. The Morgan fingerprint density at radius 3 is 3.00 bits per heavy atom. The van der Waals surface area contributed by atoms with Crippen LogP contribution in [0.5, 0.6) is 5.75 Å². The number of fused-ring (bicyclic) bond motifs is 1. The van der Waals surface area contributed by atoms with Gasteiger partial charge in [-0.15, -0.1) is 0 Å². The van der Waals surface area contributed by atoms with Crippen LogP contribution in [0.25, 0.3) is 0 Å². The molecule has 0 amide bonds. The molecule has 5 nitrogen and oxygen atoms in total. The highest BCUT2D eigenvalue weighted by molar-refractivity contribution is 5.94. The molecule has 1 aliphatic rings. The van der Waals surface area contributed by atoms with E-state index in [1.807, 2.05) is 30.6 Å². The summed E-state index contributed by atoms with van der Waals surface area (Å²) in [5.41, 5.74) is 1.77. The van der Waals surface area contributed by atoms with E-state index in [0.29, 0.717) is 0 Å². The molecule has 0 fully saturated rings. The van der Waals surface area contributed by atoms with E-state index in [4.69, 9.17) is 4.74 Å². The molecule has 1 aliphatic heterocycles. The van der Waals surface area contributed by atoms with Gasteiger partial charge >= 0.3 is 0 Å². The Hall–Kier alpha value is -2.14. The number of carbonyl (C=O) groups is 1. The fourth-order valence-corrected chi connectivity index (χ4v) is 2.72. The Balaban J connectivity index is 1.81. The average molecular weight is 285 g/mol. The molecule has 0 radical (unpaired) electrons. The number of aromatic nitrogens is 2. The number of Topliss-reactive ketones (excluding diaryl/α,β-unsaturated/α-hetero) is 1. The van der Waals surface area contributed by atoms with E-state index in [1.54, 1.807) is 14.0 Å². The van der Waals surface area contributed by atoms with Crippen molar-refractivity contribution >= 4 is 5.78 Å². The molecule has 0 saturated carbocycles. The van der Waals surface area contributed by atoms with Crippen LogP contribution in [0.3, 0.4) is 0 Å². The largest absolute Gasteiger partial charge is 0.496 e. The number of rotatable bonds is 4. The summed E-state index contributed by atoms with van der Waals surface area (Å²) < 4.78 is 7.60. The highest BCUT2D eigenvalue weighted by atomic mass is 16.5. The molecule has 0 saturated heterocycles. The lowest BCUT2D eigenvalue weighted by atomic mass is 10.1. The van der Waals surface area contributed by atoms with Gasteiger partial charge in [-0.25, -0.2) is 4.98 Å². The number of hydrogen-bond acceptors (Lipinski definition) is 4. The van der Waals surface area contributed by atoms with Crippen molar-refractivity contribution in [2.75, 3.05) is 13.7 Å². The first-order valence-corrected chi connectivity index (χ1v) is 7.07. The number of carbonyl (C=O) groups excluding carboxylic acids is 1. The van der Waals surface area contributed by atoms with Crippen LogP contribution in [0.1, 0.15) is 28.7 Å². The highest BCUT2D eigenvalue weighted by Crippen LogP contribution is 2.23. The molecule has 2 heterocycles. The number of benzene rings is 1. The Kier molecular flexibility index (Phi) is 3.75. The van der Waals surface area contributed by atoms with Gasteiger partial charge in [-0.1, -0.05) is 0 Å². The molecule has 3 rings (SSSR count). The van der Waals surface area contributed by atoms with Gasteiger partial charge in [0.25, 0.3) is 0 Å². The quantitative estimate of drug-likeness (QED) is 0.807. The molecule has 110 valence electrons. The normalized spacial score (nSPS) is 14.8. The topological polar surface area (TPSA) is 47.4 Å². The molecule has 5 heteroatoms. The number of ether oxygens (including phenoxy) is 1. The van der Waals surface area contributed by atoms with Crippen LogP contribution < -0.4 is 4.74 Å². The van der Waals surface area contributed by atoms with E-state index in [-0.39, 0.29) is 5.78 Å². The lowest BCUT2D eigenvalue weighted by Crippen LogP contribution is -2.33. The summed E-state index contributed by atoms with van der Waals surface area (Å²) in [4.78, 5) is 18.2. The van der Waals surface area contributed by atoms with Crippen molar-refractivity contribution in [1.82, 2.24) is 14.5 Å². The van der Waals surface area contributed by atoms with Crippen LogP contribution in [-0.2, 0) is 19.6 Å². The number of imidazole rings is 1. The molecule has 0 atom stereocenters. The molecule has 0 unspecified atom stereocenters. The van der Waals surface area contributed by atoms with Gasteiger partial charge in [0.2, 0.25) is 0 Å². The van der Waals surface area contributed by atoms with Gasteiger partial charge in [-0.2, -0.15) is 0 Å². The zero-order valence-electron chi connectivity index (χ0n) is 12.4. The summed E-state index contributed by atoms with van der Waals surface area (Å²) in [7, 11) is 1.66. The van der Waals surface area contributed by atoms with Crippen LogP contribution in [0.2, 0.25) is 0 Å². The van der Waals surface area contributed by atoms with Crippen LogP contribution in [0.4, 0.5) is 0 Å². The Labute approximate surface area is 124 Å². The van der Waals surface area contributed by atoms with Gasteiger partial charge in [-0.3, -0.25) is 9.69 Å². The lowest BCUT2D eigenvalue weighted by molar-refractivity contribution is 0.101. The van der Waals surface area contributed by atoms with E-state index < -0.39 is 0 Å². The fraction of sp³-hybridized carbons (Fsp3) is 0.375. The molecule has 2 aromatic rings.